The number of carbonyl (C=O) groups is 2. The van der Waals surface area contributed by atoms with Crippen molar-refractivity contribution in [2.75, 3.05) is 33.7 Å². The minimum absolute atomic E-state index is 0.0209. The highest BCUT2D eigenvalue weighted by Gasteiger charge is 2.31. The van der Waals surface area contributed by atoms with Crippen LogP contribution >= 0.6 is 0 Å². The van der Waals surface area contributed by atoms with E-state index in [9.17, 15) is 9.59 Å². The summed E-state index contributed by atoms with van der Waals surface area (Å²) in [5, 5.41) is 2.96. The molecule has 0 spiro atoms. The molecular weight excluding hydrogens is 256 g/mol. The van der Waals surface area contributed by atoms with E-state index in [1.807, 2.05) is 0 Å². The zero-order chi connectivity index (χ0) is 14.7. The van der Waals surface area contributed by atoms with Gasteiger partial charge in [-0.2, -0.15) is 0 Å². The number of amides is 3. The number of urea groups is 1. The monoisotopic (exact) mass is 282 g/mol. The second-order valence-corrected chi connectivity index (χ2v) is 6.18. The normalized spacial score (nSPS) is 21.4. The van der Waals surface area contributed by atoms with Gasteiger partial charge in [-0.15, -0.1) is 0 Å². The number of carbonyl (C=O) groups excluding carboxylic acids is 2. The maximum Gasteiger partial charge on any atom is 0.319 e. The van der Waals surface area contributed by atoms with Crippen LogP contribution in [0.5, 0.6) is 0 Å². The lowest BCUT2D eigenvalue weighted by atomic mass is 9.96. The summed E-state index contributed by atoms with van der Waals surface area (Å²) >= 11 is 0. The topological polar surface area (TPSA) is 78.7 Å². The van der Waals surface area contributed by atoms with E-state index >= 15 is 0 Å². The lowest BCUT2D eigenvalue weighted by Crippen LogP contribution is -2.47. The predicted octanol–water partition coefficient (Wildman–Crippen LogP) is 0.234. The van der Waals surface area contributed by atoms with Crippen LogP contribution in [-0.2, 0) is 4.79 Å². The lowest BCUT2D eigenvalue weighted by Gasteiger charge is -2.33. The average molecular weight is 282 g/mol. The number of rotatable bonds is 4. The van der Waals surface area contributed by atoms with Gasteiger partial charge in [-0.1, -0.05) is 0 Å². The number of hydrogen-bond acceptors (Lipinski definition) is 3. The van der Waals surface area contributed by atoms with Gasteiger partial charge < -0.3 is 20.9 Å². The van der Waals surface area contributed by atoms with E-state index in [0.29, 0.717) is 25.6 Å². The molecule has 2 aliphatic rings. The van der Waals surface area contributed by atoms with Crippen molar-refractivity contribution >= 4 is 11.9 Å². The predicted molar refractivity (Wildman–Crippen MR) is 77.1 cm³/mol. The van der Waals surface area contributed by atoms with Gasteiger partial charge in [0.2, 0.25) is 5.91 Å². The van der Waals surface area contributed by atoms with Crippen LogP contribution < -0.4 is 11.1 Å². The van der Waals surface area contributed by atoms with Gasteiger partial charge in [0.1, 0.15) is 0 Å². The van der Waals surface area contributed by atoms with Crippen molar-refractivity contribution in [2.24, 2.45) is 17.6 Å². The van der Waals surface area contributed by atoms with E-state index in [2.05, 4.69) is 5.32 Å². The molecule has 1 aliphatic carbocycles. The maximum atomic E-state index is 12.1. The van der Waals surface area contributed by atoms with E-state index in [0.717, 1.165) is 12.8 Å². The van der Waals surface area contributed by atoms with Gasteiger partial charge in [-0.25, -0.2) is 4.79 Å². The van der Waals surface area contributed by atoms with Crippen molar-refractivity contribution in [3.05, 3.63) is 0 Å². The summed E-state index contributed by atoms with van der Waals surface area (Å²) in [5.41, 5.74) is 5.98. The third kappa shape index (κ3) is 3.85. The molecule has 1 atom stereocenters. The van der Waals surface area contributed by atoms with Gasteiger partial charge in [-0.05, 0) is 31.6 Å². The molecule has 0 aromatic rings. The first kappa shape index (κ1) is 15.1. The Labute approximate surface area is 120 Å². The number of nitrogens with one attached hydrogen (secondary N) is 1. The van der Waals surface area contributed by atoms with E-state index in [1.54, 1.807) is 23.9 Å². The van der Waals surface area contributed by atoms with Crippen LogP contribution in [-0.4, -0.2) is 61.5 Å². The number of nitrogens with zero attached hydrogens (tertiary/aromatic N) is 2. The molecule has 114 valence electrons. The molecule has 3 N–H and O–H groups in total. The Bertz CT molecular complexity index is 360. The van der Waals surface area contributed by atoms with E-state index in [1.165, 1.54) is 12.8 Å². The highest BCUT2D eigenvalue weighted by molar-refractivity contribution is 5.79. The molecule has 1 heterocycles. The molecule has 1 saturated heterocycles. The highest BCUT2D eigenvalue weighted by Crippen LogP contribution is 2.31. The first-order valence-electron chi connectivity index (χ1n) is 7.48. The summed E-state index contributed by atoms with van der Waals surface area (Å²) in [6.45, 7) is 1.90. The van der Waals surface area contributed by atoms with Gasteiger partial charge in [-0.3, -0.25) is 4.79 Å². The van der Waals surface area contributed by atoms with Crippen LogP contribution in [0.4, 0.5) is 4.79 Å². The molecule has 2 fully saturated rings. The van der Waals surface area contributed by atoms with Crippen LogP contribution in [0.1, 0.15) is 25.7 Å². The number of piperidine rings is 1. The molecule has 0 bridgehead atoms. The second-order valence-electron chi connectivity index (χ2n) is 6.18. The van der Waals surface area contributed by atoms with Crippen molar-refractivity contribution in [1.82, 2.24) is 15.1 Å². The van der Waals surface area contributed by atoms with Crippen LogP contribution in [0.2, 0.25) is 0 Å². The summed E-state index contributed by atoms with van der Waals surface area (Å²) in [5.74, 6) is 0.723. The molecule has 1 unspecified atom stereocenters. The second kappa shape index (κ2) is 6.43. The Hall–Kier alpha value is -1.30. The molecule has 6 heteroatoms. The average Bonchev–Trinajstić information content (AvgIpc) is 3.28. The van der Waals surface area contributed by atoms with Gasteiger partial charge in [0.15, 0.2) is 0 Å². The molecule has 0 aromatic carbocycles. The molecule has 6 nitrogen and oxygen atoms in total. The van der Waals surface area contributed by atoms with Gasteiger partial charge in [0.25, 0.3) is 0 Å². The molecule has 0 aromatic heterocycles. The van der Waals surface area contributed by atoms with Crippen LogP contribution in [0.25, 0.3) is 0 Å². The standard InChI is InChI=1S/C14H26N4O2/c1-17(2)14(20)18-7-5-11(6-8-18)13(19)16-9-12(15)10-3-4-10/h10-12H,3-9,15H2,1-2H3,(H,16,19). The Balaban J connectivity index is 1.69. The number of likely N-dealkylation sites (tertiary alicyclic amines) is 1. The van der Waals surface area contributed by atoms with Gasteiger partial charge in [0.05, 0.1) is 0 Å². The van der Waals surface area contributed by atoms with Crippen molar-refractivity contribution in [3.8, 4) is 0 Å². The largest absolute Gasteiger partial charge is 0.354 e. The molecule has 0 radical (unpaired) electrons. The summed E-state index contributed by atoms with van der Waals surface area (Å²) in [7, 11) is 3.50. The fourth-order valence-electron chi connectivity index (χ4n) is 2.67. The zero-order valence-corrected chi connectivity index (χ0v) is 12.5. The Morgan fingerprint density at radius 3 is 2.35 bits per heavy atom. The van der Waals surface area contributed by atoms with E-state index in [-0.39, 0.29) is 23.9 Å². The Morgan fingerprint density at radius 1 is 1.25 bits per heavy atom. The van der Waals surface area contributed by atoms with Crippen molar-refractivity contribution in [2.45, 2.75) is 31.7 Å². The van der Waals surface area contributed by atoms with E-state index in [4.69, 9.17) is 5.73 Å². The van der Waals surface area contributed by atoms with Crippen molar-refractivity contribution in [1.29, 1.82) is 0 Å². The van der Waals surface area contributed by atoms with Crippen LogP contribution in [0.3, 0.4) is 0 Å². The first-order chi connectivity index (χ1) is 9.49. The highest BCUT2D eigenvalue weighted by atomic mass is 16.2. The quantitative estimate of drug-likeness (QED) is 0.775. The molecule has 2 rings (SSSR count). The van der Waals surface area contributed by atoms with Gasteiger partial charge >= 0.3 is 6.03 Å². The van der Waals surface area contributed by atoms with E-state index < -0.39 is 0 Å². The third-order valence-electron chi connectivity index (χ3n) is 4.26. The number of nitrogens with two attached hydrogens (primary N) is 1. The molecule has 1 aliphatic heterocycles. The first-order valence-corrected chi connectivity index (χ1v) is 7.48. The fourth-order valence-corrected chi connectivity index (χ4v) is 2.67. The minimum atomic E-state index is 0.0209. The summed E-state index contributed by atoms with van der Waals surface area (Å²) < 4.78 is 0. The Kier molecular flexibility index (Phi) is 4.86. The SMILES string of the molecule is CN(C)C(=O)N1CCC(C(=O)NCC(N)C2CC2)CC1. The maximum absolute atomic E-state index is 12.1. The smallest absolute Gasteiger partial charge is 0.319 e. The summed E-state index contributed by atoms with van der Waals surface area (Å²) in [6.07, 6.45) is 3.87. The molecule has 1 saturated carbocycles. The third-order valence-corrected chi connectivity index (χ3v) is 4.26. The summed E-state index contributed by atoms with van der Waals surface area (Å²) in [6, 6.07) is 0.133. The lowest BCUT2D eigenvalue weighted by molar-refractivity contribution is -0.126. The zero-order valence-electron chi connectivity index (χ0n) is 12.5. The Morgan fingerprint density at radius 2 is 1.85 bits per heavy atom. The van der Waals surface area contributed by atoms with Crippen LogP contribution in [0.15, 0.2) is 0 Å². The minimum Gasteiger partial charge on any atom is -0.354 e. The van der Waals surface area contributed by atoms with Gasteiger partial charge in [0, 0.05) is 45.7 Å². The fraction of sp³-hybridized carbons (Fsp3) is 0.857. The van der Waals surface area contributed by atoms with Crippen molar-refractivity contribution < 1.29 is 9.59 Å². The molecule has 3 amide bonds. The summed E-state index contributed by atoms with van der Waals surface area (Å²) in [4.78, 5) is 27.3. The number of hydrogen-bond donors (Lipinski definition) is 2. The van der Waals surface area contributed by atoms with Crippen molar-refractivity contribution in [3.63, 3.8) is 0 Å². The molecule has 20 heavy (non-hydrogen) atoms. The van der Waals surface area contributed by atoms with Crippen LogP contribution in [0, 0.1) is 11.8 Å². The molecular formula is C14H26N4O2.